The highest BCUT2D eigenvalue weighted by Crippen LogP contribution is 2.19. The van der Waals surface area contributed by atoms with Gasteiger partial charge in [0.05, 0.1) is 6.54 Å². The van der Waals surface area contributed by atoms with Crippen LogP contribution in [0.4, 0.5) is 8.78 Å². The van der Waals surface area contributed by atoms with E-state index in [2.05, 4.69) is 20.9 Å². The third kappa shape index (κ3) is 4.30. The highest BCUT2D eigenvalue weighted by Gasteiger charge is 2.11. The maximum Gasteiger partial charge on any atom is 0.271 e. The predicted octanol–water partition coefficient (Wildman–Crippen LogP) is 3.91. The first-order chi connectivity index (χ1) is 12.0. The van der Waals surface area contributed by atoms with E-state index in [4.69, 9.17) is 4.74 Å². The first-order valence-corrected chi connectivity index (χ1v) is 8.19. The summed E-state index contributed by atoms with van der Waals surface area (Å²) in [4.78, 5) is 16.5. The molecule has 0 aliphatic heterocycles. The number of hydrogen-bond acceptors (Lipinski definition) is 3. The molecule has 0 saturated heterocycles. The topological polar surface area (TPSA) is 44.1 Å². The Morgan fingerprint density at radius 3 is 2.52 bits per heavy atom. The third-order valence-electron chi connectivity index (χ3n) is 3.48. The number of nitrogens with zero attached hydrogens (tertiary/aromatic N) is 2. The molecule has 0 aliphatic rings. The maximum atomic E-state index is 13.2. The molecule has 1 aromatic heterocycles. The number of benzene rings is 2. The standard InChI is InChI=1S/C18H13BrF2N2O2/c19-16-17(25-10-12-4-6-14(20)7-5-12)22-11-23(18(16)24)9-13-2-1-3-15(21)8-13/h1-8,11H,9-10H2. The van der Waals surface area contributed by atoms with Crippen molar-refractivity contribution in [3.63, 3.8) is 0 Å². The zero-order valence-electron chi connectivity index (χ0n) is 13.0. The summed E-state index contributed by atoms with van der Waals surface area (Å²) in [5, 5.41) is 0. The lowest BCUT2D eigenvalue weighted by molar-refractivity contribution is 0.289. The van der Waals surface area contributed by atoms with Gasteiger partial charge in [-0.05, 0) is 51.3 Å². The lowest BCUT2D eigenvalue weighted by atomic mass is 10.2. The molecule has 2 aromatic carbocycles. The van der Waals surface area contributed by atoms with Crippen LogP contribution in [-0.4, -0.2) is 9.55 Å². The van der Waals surface area contributed by atoms with Crippen molar-refractivity contribution in [1.29, 1.82) is 0 Å². The fourth-order valence-electron chi connectivity index (χ4n) is 2.23. The molecule has 128 valence electrons. The summed E-state index contributed by atoms with van der Waals surface area (Å²) in [7, 11) is 0. The Balaban J connectivity index is 1.75. The molecule has 25 heavy (non-hydrogen) atoms. The highest BCUT2D eigenvalue weighted by atomic mass is 79.9. The van der Waals surface area contributed by atoms with Crippen LogP contribution in [0.1, 0.15) is 11.1 Å². The van der Waals surface area contributed by atoms with E-state index < -0.39 is 0 Å². The van der Waals surface area contributed by atoms with Gasteiger partial charge in [-0.3, -0.25) is 9.36 Å². The molecular formula is C18H13BrF2N2O2. The average Bonchev–Trinajstić information content (AvgIpc) is 2.60. The fraction of sp³-hybridized carbons (Fsp3) is 0.111. The smallest absolute Gasteiger partial charge is 0.271 e. The Labute approximate surface area is 150 Å². The summed E-state index contributed by atoms with van der Waals surface area (Å²) in [6.07, 6.45) is 1.35. The Morgan fingerprint density at radius 1 is 1.04 bits per heavy atom. The van der Waals surface area contributed by atoms with E-state index in [1.54, 1.807) is 24.3 Å². The summed E-state index contributed by atoms with van der Waals surface area (Å²) < 4.78 is 33.2. The van der Waals surface area contributed by atoms with Gasteiger partial charge in [-0.2, -0.15) is 0 Å². The molecule has 0 atom stereocenters. The minimum atomic E-state index is -0.364. The molecule has 1 heterocycles. The van der Waals surface area contributed by atoms with Crippen molar-refractivity contribution in [3.8, 4) is 5.88 Å². The van der Waals surface area contributed by atoms with Crippen molar-refractivity contribution in [2.45, 2.75) is 13.2 Å². The monoisotopic (exact) mass is 406 g/mol. The van der Waals surface area contributed by atoms with Gasteiger partial charge in [-0.1, -0.05) is 24.3 Å². The van der Waals surface area contributed by atoms with E-state index in [0.29, 0.717) is 5.56 Å². The molecule has 0 aliphatic carbocycles. The highest BCUT2D eigenvalue weighted by molar-refractivity contribution is 9.10. The molecule has 4 nitrogen and oxygen atoms in total. The Hall–Kier alpha value is -2.54. The Bertz CT molecular complexity index is 943. The molecular weight excluding hydrogens is 394 g/mol. The van der Waals surface area contributed by atoms with Crippen molar-refractivity contribution in [1.82, 2.24) is 9.55 Å². The van der Waals surface area contributed by atoms with E-state index in [-0.39, 0.29) is 40.7 Å². The molecule has 0 N–H and O–H groups in total. The van der Waals surface area contributed by atoms with E-state index in [1.807, 2.05) is 0 Å². The lowest BCUT2D eigenvalue weighted by Crippen LogP contribution is -2.22. The zero-order valence-corrected chi connectivity index (χ0v) is 14.5. The predicted molar refractivity (Wildman–Crippen MR) is 92.4 cm³/mol. The van der Waals surface area contributed by atoms with Crippen LogP contribution in [0.3, 0.4) is 0 Å². The van der Waals surface area contributed by atoms with Crippen LogP contribution >= 0.6 is 15.9 Å². The normalized spacial score (nSPS) is 10.7. The second-order valence-corrected chi connectivity index (χ2v) is 6.13. The second-order valence-electron chi connectivity index (χ2n) is 5.34. The molecule has 0 fully saturated rings. The van der Waals surface area contributed by atoms with E-state index in [9.17, 15) is 13.6 Å². The maximum absolute atomic E-state index is 13.2. The second kappa shape index (κ2) is 7.57. The minimum Gasteiger partial charge on any atom is -0.472 e. The van der Waals surface area contributed by atoms with Crippen LogP contribution in [0.2, 0.25) is 0 Å². The molecule has 0 amide bonds. The van der Waals surface area contributed by atoms with Crippen LogP contribution in [0.5, 0.6) is 5.88 Å². The first-order valence-electron chi connectivity index (χ1n) is 7.39. The van der Waals surface area contributed by atoms with Gasteiger partial charge in [0.1, 0.15) is 29.0 Å². The number of ether oxygens (including phenoxy) is 1. The quantitative estimate of drug-likeness (QED) is 0.644. The molecule has 3 rings (SSSR count). The third-order valence-corrected chi connectivity index (χ3v) is 4.16. The minimum absolute atomic E-state index is 0.143. The van der Waals surface area contributed by atoms with Gasteiger partial charge >= 0.3 is 0 Å². The van der Waals surface area contributed by atoms with Gasteiger partial charge in [0.15, 0.2) is 0 Å². The lowest BCUT2D eigenvalue weighted by Gasteiger charge is -2.10. The van der Waals surface area contributed by atoms with E-state index >= 15 is 0 Å². The van der Waals surface area contributed by atoms with E-state index in [1.165, 1.54) is 35.2 Å². The summed E-state index contributed by atoms with van der Waals surface area (Å²) in [5.74, 6) is -0.551. The van der Waals surface area contributed by atoms with Crippen LogP contribution < -0.4 is 10.3 Å². The van der Waals surface area contributed by atoms with Crippen molar-refractivity contribution in [3.05, 3.63) is 92.4 Å². The van der Waals surface area contributed by atoms with Crippen molar-refractivity contribution in [2.24, 2.45) is 0 Å². The van der Waals surface area contributed by atoms with Gasteiger partial charge in [0, 0.05) is 0 Å². The SMILES string of the molecule is O=c1c(Br)c(OCc2ccc(F)cc2)ncn1Cc1cccc(F)c1. The molecule has 7 heteroatoms. The summed E-state index contributed by atoms with van der Waals surface area (Å²) in [6, 6.07) is 11.9. The zero-order chi connectivity index (χ0) is 17.8. The Morgan fingerprint density at radius 2 is 1.80 bits per heavy atom. The largest absolute Gasteiger partial charge is 0.472 e. The molecule has 0 bridgehead atoms. The first kappa shape index (κ1) is 17.3. The molecule has 0 spiro atoms. The van der Waals surface area contributed by atoms with Gasteiger partial charge < -0.3 is 4.74 Å². The number of halogens is 3. The van der Waals surface area contributed by atoms with Gasteiger partial charge in [-0.15, -0.1) is 0 Å². The average molecular weight is 407 g/mol. The van der Waals surface area contributed by atoms with Crippen molar-refractivity contribution < 1.29 is 13.5 Å². The molecule has 0 unspecified atom stereocenters. The summed E-state index contributed by atoms with van der Waals surface area (Å²) >= 11 is 3.19. The van der Waals surface area contributed by atoms with Crippen LogP contribution in [-0.2, 0) is 13.2 Å². The summed E-state index contributed by atoms with van der Waals surface area (Å²) in [5.41, 5.74) is 1.06. The number of aromatic nitrogens is 2. The van der Waals surface area contributed by atoms with Crippen LogP contribution in [0.15, 0.2) is 64.1 Å². The van der Waals surface area contributed by atoms with Gasteiger partial charge in [0.25, 0.3) is 5.56 Å². The molecule has 0 saturated carbocycles. The fourth-order valence-corrected chi connectivity index (χ4v) is 2.67. The van der Waals surface area contributed by atoms with Crippen LogP contribution in [0, 0.1) is 11.6 Å². The molecule has 3 aromatic rings. The summed E-state index contributed by atoms with van der Waals surface area (Å²) in [6.45, 7) is 0.347. The van der Waals surface area contributed by atoms with Gasteiger partial charge in [0.2, 0.25) is 5.88 Å². The molecule has 0 radical (unpaired) electrons. The number of hydrogen-bond donors (Lipinski definition) is 0. The van der Waals surface area contributed by atoms with Crippen molar-refractivity contribution in [2.75, 3.05) is 0 Å². The van der Waals surface area contributed by atoms with Crippen molar-refractivity contribution >= 4 is 15.9 Å². The van der Waals surface area contributed by atoms with Crippen LogP contribution in [0.25, 0.3) is 0 Å². The van der Waals surface area contributed by atoms with E-state index in [0.717, 1.165) is 5.56 Å². The Kier molecular flexibility index (Phi) is 5.23. The number of rotatable bonds is 5. The van der Waals surface area contributed by atoms with Gasteiger partial charge in [-0.25, -0.2) is 13.8 Å².